The highest BCUT2D eigenvalue weighted by Crippen LogP contribution is 2.36. The van der Waals surface area contributed by atoms with E-state index >= 15 is 4.39 Å². The van der Waals surface area contributed by atoms with Crippen LogP contribution in [0.5, 0.6) is 0 Å². The third-order valence-corrected chi connectivity index (χ3v) is 4.63. The Labute approximate surface area is 144 Å². The third-order valence-electron chi connectivity index (χ3n) is 4.63. The summed E-state index contributed by atoms with van der Waals surface area (Å²) in [6.07, 6.45) is 2.36. The van der Waals surface area contributed by atoms with Gasteiger partial charge in [-0.05, 0) is 66.1 Å². The lowest BCUT2D eigenvalue weighted by molar-refractivity contribution is 0.585. The Kier molecular flexibility index (Phi) is 4.24. The van der Waals surface area contributed by atoms with E-state index in [1.807, 2.05) is 12.1 Å². The molecule has 2 heterocycles. The summed E-state index contributed by atoms with van der Waals surface area (Å²) in [6.45, 7) is 1.37. The average Bonchev–Trinajstić information content (AvgIpc) is 2.86. The molecule has 1 N–H and O–H groups in total. The van der Waals surface area contributed by atoms with E-state index in [1.54, 1.807) is 24.4 Å². The lowest BCUT2D eigenvalue weighted by Gasteiger charge is -2.19. The molecule has 0 fully saturated rings. The fourth-order valence-corrected chi connectivity index (χ4v) is 3.46. The Balaban J connectivity index is 1.82. The van der Waals surface area contributed by atoms with Crippen LogP contribution in [0.1, 0.15) is 29.0 Å². The predicted molar refractivity (Wildman–Crippen MR) is 92.0 cm³/mol. The van der Waals surface area contributed by atoms with Crippen molar-refractivity contribution in [3.63, 3.8) is 0 Å². The molecule has 3 nitrogen and oxygen atoms in total. The van der Waals surface area contributed by atoms with Crippen LogP contribution in [-0.4, -0.2) is 16.7 Å². The molecule has 3 aromatic rings. The smallest absolute Gasteiger partial charge is 0.128 e. The molecule has 1 aliphatic rings. The highest BCUT2D eigenvalue weighted by atomic mass is 19.1. The second kappa shape index (κ2) is 6.69. The van der Waals surface area contributed by atoms with Crippen molar-refractivity contribution in [2.75, 3.05) is 6.54 Å². The van der Waals surface area contributed by atoms with Gasteiger partial charge in [0.25, 0.3) is 0 Å². The van der Waals surface area contributed by atoms with E-state index in [-0.39, 0.29) is 17.6 Å². The standard InChI is InChI=1S/C20H17F2N3/c21-16-5-3-13(4-6-16)17-7-9-23-12-15-10-14(11-18(22)20(15)17)19-2-1-8-24-25-19/h1-6,8,10-11,17,23H,7,9,12H2. The van der Waals surface area contributed by atoms with E-state index in [9.17, 15) is 4.39 Å². The largest absolute Gasteiger partial charge is 0.313 e. The summed E-state index contributed by atoms with van der Waals surface area (Å²) >= 11 is 0. The number of halogens is 2. The van der Waals surface area contributed by atoms with Crippen LogP contribution in [0.15, 0.2) is 54.7 Å². The van der Waals surface area contributed by atoms with E-state index in [0.29, 0.717) is 23.4 Å². The second-order valence-electron chi connectivity index (χ2n) is 6.21. The van der Waals surface area contributed by atoms with Crippen molar-refractivity contribution in [1.82, 2.24) is 15.5 Å². The van der Waals surface area contributed by atoms with Crippen LogP contribution in [0, 0.1) is 11.6 Å². The zero-order valence-corrected chi connectivity index (χ0v) is 13.5. The van der Waals surface area contributed by atoms with Gasteiger partial charge in [-0.15, -0.1) is 0 Å². The van der Waals surface area contributed by atoms with Gasteiger partial charge in [0.05, 0.1) is 5.69 Å². The summed E-state index contributed by atoms with van der Waals surface area (Å²) in [5, 5.41) is 11.3. The predicted octanol–water partition coefficient (Wildman–Crippen LogP) is 4.05. The highest BCUT2D eigenvalue weighted by Gasteiger charge is 2.25. The van der Waals surface area contributed by atoms with Gasteiger partial charge in [0, 0.05) is 24.2 Å². The van der Waals surface area contributed by atoms with Gasteiger partial charge in [-0.25, -0.2) is 8.78 Å². The molecule has 1 unspecified atom stereocenters. The maximum Gasteiger partial charge on any atom is 0.128 e. The number of fused-ring (bicyclic) bond motifs is 1. The summed E-state index contributed by atoms with van der Waals surface area (Å²) in [4.78, 5) is 0. The first-order valence-electron chi connectivity index (χ1n) is 8.29. The zero-order valence-electron chi connectivity index (χ0n) is 13.5. The summed E-state index contributed by atoms with van der Waals surface area (Å²) < 4.78 is 28.3. The quantitative estimate of drug-likeness (QED) is 0.767. The molecule has 0 saturated heterocycles. The minimum atomic E-state index is -0.283. The van der Waals surface area contributed by atoms with Crippen LogP contribution in [-0.2, 0) is 6.54 Å². The molecular formula is C20H17F2N3. The molecular weight excluding hydrogens is 320 g/mol. The van der Waals surface area contributed by atoms with Crippen molar-refractivity contribution < 1.29 is 8.78 Å². The van der Waals surface area contributed by atoms with Crippen LogP contribution in [0.2, 0.25) is 0 Å². The molecule has 25 heavy (non-hydrogen) atoms. The van der Waals surface area contributed by atoms with Gasteiger partial charge < -0.3 is 5.32 Å². The third kappa shape index (κ3) is 3.15. The Morgan fingerprint density at radius 1 is 1.04 bits per heavy atom. The molecule has 1 atom stereocenters. The van der Waals surface area contributed by atoms with Gasteiger partial charge in [0.2, 0.25) is 0 Å². The summed E-state index contributed by atoms with van der Waals surface area (Å²) in [6, 6.07) is 13.4. The molecule has 1 aromatic heterocycles. The minimum Gasteiger partial charge on any atom is -0.313 e. The number of nitrogens with zero attached hydrogens (tertiary/aromatic N) is 2. The molecule has 0 amide bonds. The molecule has 1 aliphatic heterocycles. The van der Waals surface area contributed by atoms with Crippen LogP contribution in [0.4, 0.5) is 8.78 Å². The van der Waals surface area contributed by atoms with Crippen LogP contribution in [0.3, 0.4) is 0 Å². The first kappa shape index (κ1) is 15.8. The number of aromatic nitrogens is 2. The molecule has 126 valence electrons. The second-order valence-corrected chi connectivity index (χ2v) is 6.21. The van der Waals surface area contributed by atoms with Crippen LogP contribution < -0.4 is 5.32 Å². The average molecular weight is 337 g/mol. The maximum absolute atomic E-state index is 15.1. The monoisotopic (exact) mass is 337 g/mol. The van der Waals surface area contributed by atoms with Gasteiger partial charge in [-0.1, -0.05) is 12.1 Å². The minimum absolute atomic E-state index is 0.0958. The van der Waals surface area contributed by atoms with Gasteiger partial charge in [0.1, 0.15) is 11.6 Å². The molecule has 0 saturated carbocycles. The fraction of sp³-hybridized carbons (Fsp3) is 0.200. The van der Waals surface area contributed by atoms with Crippen molar-refractivity contribution in [3.8, 4) is 11.3 Å². The normalized spacial score (nSPS) is 17.0. The van der Waals surface area contributed by atoms with Gasteiger partial charge >= 0.3 is 0 Å². The number of nitrogens with one attached hydrogen (secondary N) is 1. The number of rotatable bonds is 2. The highest BCUT2D eigenvalue weighted by molar-refractivity contribution is 5.61. The van der Waals surface area contributed by atoms with E-state index in [1.165, 1.54) is 18.2 Å². The Morgan fingerprint density at radius 3 is 2.64 bits per heavy atom. The maximum atomic E-state index is 15.1. The van der Waals surface area contributed by atoms with Crippen LogP contribution >= 0.6 is 0 Å². The van der Waals surface area contributed by atoms with E-state index in [4.69, 9.17) is 0 Å². The first-order chi connectivity index (χ1) is 12.2. The first-order valence-corrected chi connectivity index (χ1v) is 8.29. The van der Waals surface area contributed by atoms with Crippen molar-refractivity contribution >= 4 is 0 Å². The molecule has 0 bridgehead atoms. The molecule has 0 aliphatic carbocycles. The zero-order chi connectivity index (χ0) is 17.2. The Morgan fingerprint density at radius 2 is 1.88 bits per heavy atom. The van der Waals surface area contributed by atoms with Gasteiger partial charge in [-0.2, -0.15) is 10.2 Å². The van der Waals surface area contributed by atoms with Crippen molar-refractivity contribution in [3.05, 3.63) is 83.1 Å². The topological polar surface area (TPSA) is 37.8 Å². The molecule has 2 aromatic carbocycles. The SMILES string of the molecule is Fc1ccc(C2CCNCc3cc(-c4cccnn4)cc(F)c32)cc1. The molecule has 0 radical (unpaired) electrons. The fourth-order valence-electron chi connectivity index (χ4n) is 3.46. The molecule has 4 rings (SSSR count). The summed E-state index contributed by atoms with van der Waals surface area (Å²) in [7, 11) is 0. The lowest BCUT2D eigenvalue weighted by atomic mass is 9.85. The van der Waals surface area contributed by atoms with Gasteiger partial charge in [0.15, 0.2) is 0 Å². The number of benzene rings is 2. The van der Waals surface area contributed by atoms with E-state index in [0.717, 1.165) is 24.1 Å². The van der Waals surface area contributed by atoms with Crippen molar-refractivity contribution in [2.45, 2.75) is 18.9 Å². The number of hydrogen-bond acceptors (Lipinski definition) is 3. The van der Waals surface area contributed by atoms with E-state index < -0.39 is 0 Å². The van der Waals surface area contributed by atoms with Gasteiger partial charge in [-0.3, -0.25) is 0 Å². The summed E-state index contributed by atoms with van der Waals surface area (Å²) in [5.41, 5.74) is 3.88. The summed E-state index contributed by atoms with van der Waals surface area (Å²) in [5.74, 6) is -0.633. The van der Waals surface area contributed by atoms with E-state index in [2.05, 4.69) is 15.5 Å². The van der Waals surface area contributed by atoms with Crippen molar-refractivity contribution in [1.29, 1.82) is 0 Å². The lowest BCUT2D eigenvalue weighted by Crippen LogP contribution is -2.12. The molecule has 0 spiro atoms. The Bertz CT molecular complexity index is 879. The Hall–Kier alpha value is -2.66. The number of hydrogen-bond donors (Lipinski definition) is 1. The molecule has 5 heteroatoms. The van der Waals surface area contributed by atoms with Crippen molar-refractivity contribution in [2.24, 2.45) is 0 Å². The van der Waals surface area contributed by atoms with Crippen LogP contribution in [0.25, 0.3) is 11.3 Å².